The van der Waals surface area contributed by atoms with E-state index in [0.717, 1.165) is 32.1 Å². The van der Waals surface area contributed by atoms with Gasteiger partial charge >= 0.3 is 8.80 Å². The Kier molecular flexibility index (Phi) is 12.7. The van der Waals surface area contributed by atoms with Crippen LogP contribution in [0.4, 0.5) is 0 Å². The second-order valence-corrected chi connectivity index (χ2v) is 8.08. The van der Waals surface area contributed by atoms with Gasteiger partial charge in [0.15, 0.2) is 0 Å². The van der Waals surface area contributed by atoms with E-state index in [0.29, 0.717) is 0 Å². The fourth-order valence-electron chi connectivity index (χ4n) is 2.32. The number of nitrogens with one attached hydrogen (secondary N) is 1. The normalized spacial score (nSPS) is 12.3. The summed E-state index contributed by atoms with van der Waals surface area (Å²) in [7, 11) is 2.62. The standard InChI is InChI=1S/C14H34N2O3Si/c1-6-11-16(12-7-2)13-10-15-9-8-14-20(17-3,18-4)19-5/h15H,6-14H2,1-5H3. The molecule has 0 fully saturated rings. The molecule has 122 valence electrons. The second kappa shape index (κ2) is 12.7. The van der Waals surface area contributed by atoms with Crippen LogP contribution in [-0.4, -0.2) is 67.8 Å². The molecule has 0 radical (unpaired) electrons. The van der Waals surface area contributed by atoms with Crippen LogP contribution in [0.5, 0.6) is 0 Å². The number of rotatable bonds is 14. The summed E-state index contributed by atoms with van der Waals surface area (Å²) in [5.41, 5.74) is 0. The molecular weight excluding hydrogens is 272 g/mol. The minimum absolute atomic E-state index is 0.858. The minimum atomic E-state index is -2.38. The van der Waals surface area contributed by atoms with Gasteiger partial charge in [-0.2, -0.15) is 0 Å². The molecule has 1 N–H and O–H groups in total. The number of hydrogen-bond donors (Lipinski definition) is 1. The van der Waals surface area contributed by atoms with Gasteiger partial charge in [-0.1, -0.05) is 13.8 Å². The molecule has 0 bridgehead atoms. The first kappa shape index (κ1) is 20.0. The van der Waals surface area contributed by atoms with Crippen molar-refractivity contribution >= 4 is 8.80 Å². The van der Waals surface area contributed by atoms with Crippen molar-refractivity contribution in [2.45, 2.75) is 39.2 Å². The van der Waals surface area contributed by atoms with Crippen LogP contribution in [0.2, 0.25) is 6.04 Å². The third-order valence-corrected chi connectivity index (χ3v) is 6.29. The lowest BCUT2D eigenvalue weighted by atomic mass is 10.3. The molecular formula is C14H34N2O3Si. The molecule has 0 heterocycles. The van der Waals surface area contributed by atoms with Crippen LogP contribution in [0, 0.1) is 0 Å². The van der Waals surface area contributed by atoms with E-state index in [1.807, 2.05) is 0 Å². The molecule has 6 heteroatoms. The Morgan fingerprint density at radius 1 is 0.850 bits per heavy atom. The Labute approximate surface area is 126 Å². The predicted octanol–water partition coefficient (Wildman–Crippen LogP) is 1.97. The van der Waals surface area contributed by atoms with Crippen LogP contribution >= 0.6 is 0 Å². The summed E-state index contributed by atoms with van der Waals surface area (Å²) >= 11 is 0. The van der Waals surface area contributed by atoms with Crippen molar-refractivity contribution in [2.75, 3.05) is 54.1 Å². The van der Waals surface area contributed by atoms with E-state index in [4.69, 9.17) is 13.3 Å². The molecule has 0 aliphatic heterocycles. The molecule has 0 saturated carbocycles. The summed E-state index contributed by atoms with van der Waals surface area (Å²) in [6.07, 6.45) is 3.47. The Morgan fingerprint density at radius 3 is 1.85 bits per heavy atom. The highest BCUT2D eigenvalue weighted by molar-refractivity contribution is 6.60. The molecule has 0 aromatic heterocycles. The van der Waals surface area contributed by atoms with Crippen LogP contribution in [0.25, 0.3) is 0 Å². The Hall–Kier alpha value is 0.0169. The Bertz CT molecular complexity index is 202. The molecule has 0 rings (SSSR count). The second-order valence-electron chi connectivity index (χ2n) is 4.99. The van der Waals surface area contributed by atoms with Crippen molar-refractivity contribution < 1.29 is 13.3 Å². The van der Waals surface area contributed by atoms with Crippen molar-refractivity contribution in [3.05, 3.63) is 0 Å². The molecule has 5 nitrogen and oxygen atoms in total. The Balaban J connectivity index is 3.69. The maximum atomic E-state index is 5.40. The topological polar surface area (TPSA) is 43.0 Å². The molecule has 0 amide bonds. The third kappa shape index (κ3) is 8.34. The van der Waals surface area contributed by atoms with E-state index >= 15 is 0 Å². The molecule has 0 aliphatic carbocycles. The summed E-state index contributed by atoms with van der Waals surface area (Å²) < 4.78 is 16.2. The van der Waals surface area contributed by atoms with Crippen molar-refractivity contribution in [3.8, 4) is 0 Å². The van der Waals surface area contributed by atoms with Crippen molar-refractivity contribution in [2.24, 2.45) is 0 Å². The molecule has 0 aliphatic rings. The molecule has 0 aromatic rings. The molecule has 0 saturated heterocycles. The maximum absolute atomic E-state index is 5.40. The molecule has 20 heavy (non-hydrogen) atoms. The zero-order valence-electron chi connectivity index (χ0n) is 14.0. The summed E-state index contributed by atoms with van der Waals surface area (Å²) in [6.45, 7) is 10.0. The lowest BCUT2D eigenvalue weighted by molar-refractivity contribution is 0.123. The molecule has 0 atom stereocenters. The van der Waals surface area contributed by atoms with Gasteiger partial charge in [-0.25, -0.2) is 0 Å². The smallest absolute Gasteiger partial charge is 0.377 e. The highest BCUT2D eigenvalue weighted by Gasteiger charge is 2.36. The Morgan fingerprint density at radius 2 is 1.40 bits per heavy atom. The van der Waals surface area contributed by atoms with Crippen LogP contribution in [-0.2, 0) is 13.3 Å². The fraction of sp³-hybridized carbons (Fsp3) is 1.00. The van der Waals surface area contributed by atoms with Crippen molar-refractivity contribution in [3.63, 3.8) is 0 Å². The van der Waals surface area contributed by atoms with E-state index in [1.165, 1.54) is 25.9 Å². The zero-order valence-corrected chi connectivity index (χ0v) is 15.0. The quantitative estimate of drug-likeness (QED) is 0.392. The van der Waals surface area contributed by atoms with Gasteiger partial charge in [0.05, 0.1) is 0 Å². The van der Waals surface area contributed by atoms with E-state index in [-0.39, 0.29) is 0 Å². The van der Waals surface area contributed by atoms with E-state index < -0.39 is 8.80 Å². The van der Waals surface area contributed by atoms with Gasteiger partial charge in [0.2, 0.25) is 0 Å². The molecule has 0 unspecified atom stereocenters. The lowest BCUT2D eigenvalue weighted by Crippen LogP contribution is -2.43. The predicted molar refractivity (Wildman–Crippen MR) is 86.1 cm³/mol. The zero-order chi connectivity index (χ0) is 15.3. The van der Waals surface area contributed by atoms with Crippen molar-refractivity contribution in [1.82, 2.24) is 10.2 Å². The van der Waals surface area contributed by atoms with Crippen LogP contribution in [0.3, 0.4) is 0 Å². The first-order valence-corrected chi connectivity index (χ1v) is 9.69. The molecule has 0 spiro atoms. The SMILES string of the molecule is CCCN(CCC)CCNCCC[Si](OC)(OC)OC. The first-order valence-electron chi connectivity index (χ1n) is 7.76. The fourth-order valence-corrected chi connectivity index (χ4v) is 4.04. The summed E-state index contributed by atoms with van der Waals surface area (Å²) in [4.78, 5) is 2.52. The lowest BCUT2D eigenvalue weighted by Gasteiger charge is -2.24. The van der Waals surface area contributed by atoms with Gasteiger partial charge in [-0.05, 0) is 38.9 Å². The summed E-state index contributed by atoms with van der Waals surface area (Å²) in [6, 6.07) is 0.858. The average molecular weight is 307 g/mol. The van der Waals surface area contributed by atoms with Crippen molar-refractivity contribution in [1.29, 1.82) is 0 Å². The van der Waals surface area contributed by atoms with Gasteiger partial charge in [0.1, 0.15) is 0 Å². The third-order valence-electron chi connectivity index (χ3n) is 3.45. The van der Waals surface area contributed by atoms with Crippen LogP contribution < -0.4 is 5.32 Å². The van der Waals surface area contributed by atoms with Gasteiger partial charge in [-0.3, -0.25) is 0 Å². The van der Waals surface area contributed by atoms with E-state index in [9.17, 15) is 0 Å². The van der Waals surface area contributed by atoms with E-state index in [1.54, 1.807) is 21.3 Å². The number of hydrogen-bond acceptors (Lipinski definition) is 5. The highest BCUT2D eigenvalue weighted by atomic mass is 28.4. The van der Waals surface area contributed by atoms with Gasteiger partial charge in [0, 0.05) is 40.5 Å². The minimum Gasteiger partial charge on any atom is -0.377 e. The van der Waals surface area contributed by atoms with Gasteiger partial charge in [0.25, 0.3) is 0 Å². The van der Waals surface area contributed by atoms with Crippen LogP contribution in [0.15, 0.2) is 0 Å². The summed E-state index contributed by atoms with van der Waals surface area (Å²) in [5, 5.41) is 3.49. The average Bonchev–Trinajstić information content (AvgIpc) is 2.48. The highest BCUT2D eigenvalue weighted by Crippen LogP contribution is 2.14. The number of nitrogens with zero attached hydrogens (tertiary/aromatic N) is 1. The summed E-state index contributed by atoms with van der Waals surface area (Å²) in [5.74, 6) is 0. The first-order chi connectivity index (χ1) is 9.67. The monoisotopic (exact) mass is 306 g/mol. The van der Waals surface area contributed by atoms with Crippen LogP contribution in [0.1, 0.15) is 33.1 Å². The van der Waals surface area contributed by atoms with E-state index in [2.05, 4.69) is 24.1 Å². The van der Waals surface area contributed by atoms with Gasteiger partial charge in [-0.15, -0.1) is 0 Å². The molecule has 0 aromatic carbocycles. The van der Waals surface area contributed by atoms with Gasteiger partial charge < -0.3 is 23.5 Å². The largest absolute Gasteiger partial charge is 0.500 e. The maximum Gasteiger partial charge on any atom is 0.500 e.